The van der Waals surface area contributed by atoms with Crippen LogP contribution in [0.2, 0.25) is 0 Å². The van der Waals surface area contributed by atoms with Gasteiger partial charge in [-0.25, -0.2) is 0 Å². The summed E-state index contributed by atoms with van der Waals surface area (Å²) in [6.45, 7) is 4.86. The smallest absolute Gasteiger partial charge is 0.247 e. The monoisotopic (exact) mass is 310 g/mol. The first-order chi connectivity index (χ1) is 11.1. The minimum absolute atomic E-state index is 0.0622. The second-order valence-corrected chi connectivity index (χ2v) is 6.17. The van der Waals surface area contributed by atoms with Gasteiger partial charge in [-0.15, -0.1) is 0 Å². The maximum absolute atomic E-state index is 12.5. The Hall–Kier alpha value is -2.49. The lowest BCUT2D eigenvalue weighted by Crippen LogP contribution is -2.50. The van der Waals surface area contributed by atoms with Crippen LogP contribution in [0, 0.1) is 5.92 Å². The Morgan fingerprint density at radius 1 is 1.13 bits per heavy atom. The van der Waals surface area contributed by atoms with Crippen molar-refractivity contribution >= 4 is 17.3 Å². The van der Waals surface area contributed by atoms with Crippen molar-refractivity contribution in [2.75, 3.05) is 17.3 Å². The second kappa shape index (κ2) is 6.32. The molecule has 120 valence electrons. The van der Waals surface area contributed by atoms with Crippen molar-refractivity contribution in [2.45, 2.75) is 26.4 Å². The molecule has 0 spiro atoms. The van der Waals surface area contributed by atoms with Gasteiger partial charge < -0.3 is 15.0 Å². The highest BCUT2D eigenvalue weighted by molar-refractivity contribution is 6.03. The Morgan fingerprint density at radius 3 is 2.48 bits per heavy atom. The fourth-order valence-corrected chi connectivity index (χ4v) is 3.10. The van der Waals surface area contributed by atoms with Gasteiger partial charge in [-0.3, -0.25) is 4.79 Å². The van der Waals surface area contributed by atoms with Crippen molar-refractivity contribution in [2.24, 2.45) is 5.92 Å². The van der Waals surface area contributed by atoms with E-state index >= 15 is 0 Å². The lowest BCUT2D eigenvalue weighted by Gasteiger charge is -2.40. The van der Waals surface area contributed by atoms with E-state index in [2.05, 4.69) is 30.1 Å². The summed E-state index contributed by atoms with van der Waals surface area (Å²) >= 11 is 0. The maximum Gasteiger partial charge on any atom is 0.247 e. The van der Waals surface area contributed by atoms with Gasteiger partial charge in [0.15, 0.2) is 0 Å². The zero-order valence-electron chi connectivity index (χ0n) is 13.7. The average molecular weight is 310 g/mol. The van der Waals surface area contributed by atoms with Gasteiger partial charge in [0.2, 0.25) is 5.91 Å². The van der Waals surface area contributed by atoms with Gasteiger partial charge >= 0.3 is 0 Å². The Bertz CT molecular complexity index is 695. The van der Waals surface area contributed by atoms with Crippen LogP contribution in [0.3, 0.4) is 0 Å². The molecule has 3 rings (SSSR count). The van der Waals surface area contributed by atoms with Gasteiger partial charge in [-0.05, 0) is 35.7 Å². The van der Waals surface area contributed by atoms with Crippen LogP contribution in [0.15, 0.2) is 48.5 Å². The van der Waals surface area contributed by atoms with E-state index in [4.69, 9.17) is 4.74 Å². The fourth-order valence-electron chi connectivity index (χ4n) is 3.10. The maximum atomic E-state index is 12.5. The third-order valence-corrected chi connectivity index (χ3v) is 4.22. The summed E-state index contributed by atoms with van der Waals surface area (Å²) in [6, 6.07) is 15.8. The van der Waals surface area contributed by atoms with E-state index in [1.54, 1.807) is 7.11 Å². The molecule has 0 saturated carbocycles. The van der Waals surface area contributed by atoms with Gasteiger partial charge in [0.25, 0.3) is 0 Å². The van der Waals surface area contributed by atoms with E-state index in [9.17, 15) is 4.79 Å². The molecule has 23 heavy (non-hydrogen) atoms. The molecule has 0 fully saturated rings. The van der Waals surface area contributed by atoms with Crippen molar-refractivity contribution in [3.63, 3.8) is 0 Å². The van der Waals surface area contributed by atoms with E-state index in [-0.39, 0.29) is 17.9 Å². The zero-order valence-corrected chi connectivity index (χ0v) is 13.7. The van der Waals surface area contributed by atoms with Crippen LogP contribution >= 0.6 is 0 Å². The highest BCUT2D eigenvalue weighted by Crippen LogP contribution is 2.35. The van der Waals surface area contributed by atoms with Crippen molar-refractivity contribution in [1.82, 2.24) is 0 Å². The molecular formula is C19H22N2O2. The first kappa shape index (κ1) is 15.4. The number of amides is 1. The van der Waals surface area contributed by atoms with Gasteiger partial charge in [0.05, 0.1) is 18.5 Å². The standard InChI is InChI=1S/C19H22N2O2/c1-13(2)18-19(22)20-16-6-4-5-7-17(16)21(18)12-14-8-10-15(23-3)11-9-14/h4-11,13,18H,12H2,1-3H3,(H,20,22)/t18-/m1/s1. The van der Waals surface area contributed by atoms with E-state index < -0.39 is 0 Å². The zero-order chi connectivity index (χ0) is 16.4. The highest BCUT2D eigenvalue weighted by Gasteiger charge is 2.34. The molecule has 4 nitrogen and oxygen atoms in total. The van der Waals surface area contributed by atoms with Crippen molar-refractivity contribution in [3.8, 4) is 5.75 Å². The summed E-state index contributed by atoms with van der Waals surface area (Å²) in [5.74, 6) is 1.12. The summed E-state index contributed by atoms with van der Waals surface area (Å²) in [7, 11) is 1.66. The van der Waals surface area contributed by atoms with Crippen LogP contribution < -0.4 is 15.0 Å². The van der Waals surface area contributed by atoms with E-state index in [1.807, 2.05) is 42.5 Å². The lowest BCUT2D eigenvalue weighted by atomic mass is 9.97. The SMILES string of the molecule is COc1ccc(CN2c3ccccc3NC(=O)[C@H]2C(C)C)cc1. The lowest BCUT2D eigenvalue weighted by molar-refractivity contribution is -0.118. The molecular weight excluding hydrogens is 288 g/mol. The molecule has 1 N–H and O–H groups in total. The molecule has 0 saturated heterocycles. The summed E-state index contributed by atoms with van der Waals surface area (Å²) in [6.07, 6.45) is 0. The normalized spacial score (nSPS) is 17.0. The summed E-state index contributed by atoms with van der Waals surface area (Å²) < 4.78 is 5.21. The Kier molecular flexibility index (Phi) is 4.24. The number of nitrogens with zero attached hydrogens (tertiary/aromatic N) is 1. The molecule has 1 heterocycles. The predicted octanol–water partition coefficient (Wildman–Crippen LogP) is 3.68. The van der Waals surface area contributed by atoms with Crippen molar-refractivity contribution in [3.05, 3.63) is 54.1 Å². The fraction of sp³-hybridized carbons (Fsp3) is 0.316. The molecule has 4 heteroatoms. The number of fused-ring (bicyclic) bond motifs is 1. The number of hydrogen-bond acceptors (Lipinski definition) is 3. The van der Waals surface area contributed by atoms with Gasteiger partial charge in [0.1, 0.15) is 11.8 Å². The minimum atomic E-state index is -0.174. The number of nitrogens with one attached hydrogen (secondary N) is 1. The first-order valence-corrected chi connectivity index (χ1v) is 7.89. The molecule has 2 aromatic carbocycles. The number of rotatable bonds is 4. The average Bonchev–Trinajstić information content (AvgIpc) is 2.55. The van der Waals surface area contributed by atoms with Crippen molar-refractivity contribution < 1.29 is 9.53 Å². The molecule has 1 aliphatic heterocycles. The number of hydrogen-bond donors (Lipinski definition) is 1. The predicted molar refractivity (Wildman–Crippen MR) is 92.9 cm³/mol. The molecule has 1 amide bonds. The molecule has 1 aliphatic rings. The van der Waals surface area contributed by atoms with Crippen LogP contribution in [-0.2, 0) is 11.3 Å². The number of carbonyl (C=O) groups is 1. The number of carbonyl (C=O) groups excluding carboxylic acids is 1. The van der Waals surface area contributed by atoms with Crippen LogP contribution in [0.4, 0.5) is 11.4 Å². The number of ether oxygens (including phenoxy) is 1. The minimum Gasteiger partial charge on any atom is -0.497 e. The van der Waals surface area contributed by atoms with Crippen molar-refractivity contribution in [1.29, 1.82) is 0 Å². The third-order valence-electron chi connectivity index (χ3n) is 4.22. The van der Waals surface area contributed by atoms with E-state index in [0.717, 1.165) is 22.7 Å². The molecule has 0 unspecified atom stereocenters. The third kappa shape index (κ3) is 3.02. The molecule has 1 atom stereocenters. The highest BCUT2D eigenvalue weighted by atomic mass is 16.5. The summed E-state index contributed by atoms with van der Waals surface area (Å²) in [5, 5.41) is 3.02. The van der Waals surface area contributed by atoms with Crippen LogP contribution in [0.5, 0.6) is 5.75 Å². The molecule has 0 bridgehead atoms. The Labute approximate surface area is 137 Å². The topological polar surface area (TPSA) is 41.6 Å². The Morgan fingerprint density at radius 2 is 1.83 bits per heavy atom. The van der Waals surface area contributed by atoms with Crippen LogP contribution in [-0.4, -0.2) is 19.1 Å². The summed E-state index contributed by atoms with van der Waals surface area (Å²) in [4.78, 5) is 14.7. The number of methoxy groups -OCH3 is 1. The Balaban J connectivity index is 1.96. The van der Waals surface area contributed by atoms with Gasteiger partial charge in [0, 0.05) is 6.54 Å². The molecule has 0 aliphatic carbocycles. The van der Waals surface area contributed by atoms with Gasteiger partial charge in [-0.2, -0.15) is 0 Å². The number of para-hydroxylation sites is 2. The van der Waals surface area contributed by atoms with Crippen LogP contribution in [0.25, 0.3) is 0 Å². The molecule has 0 radical (unpaired) electrons. The quantitative estimate of drug-likeness (QED) is 0.936. The van der Waals surface area contributed by atoms with E-state index in [0.29, 0.717) is 6.54 Å². The largest absolute Gasteiger partial charge is 0.497 e. The number of benzene rings is 2. The van der Waals surface area contributed by atoms with Gasteiger partial charge in [-0.1, -0.05) is 38.1 Å². The van der Waals surface area contributed by atoms with Crippen LogP contribution in [0.1, 0.15) is 19.4 Å². The number of anilines is 2. The summed E-state index contributed by atoms with van der Waals surface area (Å²) in [5.41, 5.74) is 3.10. The molecule has 0 aromatic heterocycles. The first-order valence-electron chi connectivity index (χ1n) is 7.89. The molecule has 2 aromatic rings. The second-order valence-electron chi connectivity index (χ2n) is 6.17. The van der Waals surface area contributed by atoms with E-state index in [1.165, 1.54) is 0 Å².